The molecule has 6 aromatic rings. The zero-order valence-corrected chi connectivity index (χ0v) is 44.1. The van der Waals surface area contributed by atoms with Crippen molar-refractivity contribution in [2.75, 3.05) is 46.4 Å². The molecule has 6 aliphatic rings. The van der Waals surface area contributed by atoms with Gasteiger partial charge in [-0.15, -0.1) is 0 Å². The molecule has 6 aromatic carbocycles. The number of carbonyl (C=O) groups excluding carboxylic acids is 1. The summed E-state index contributed by atoms with van der Waals surface area (Å²) in [6.45, 7) is 6.81. The minimum absolute atomic E-state index is 0. The van der Waals surface area contributed by atoms with E-state index in [0.29, 0.717) is 24.0 Å². The number of rotatable bonds is 14. The summed E-state index contributed by atoms with van der Waals surface area (Å²) in [6.07, 6.45) is 8.07. The summed E-state index contributed by atoms with van der Waals surface area (Å²) in [6, 6.07) is 45.9. The Kier molecular flexibility index (Phi) is 14.9. The Morgan fingerprint density at radius 1 is 0.521 bits per heavy atom. The molecular weight excluding hydrogens is 943 g/mol. The first-order valence-corrected chi connectivity index (χ1v) is 25.1. The average Bonchev–Trinajstić information content (AvgIpc) is 4.24. The number of ether oxygens (including phenoxy) is 3. The van der Waals surface area contributed by atoms with E-state index in [2.05, 4.69) is 70.5 Å². The van der Waals surface area contributed by atoms with Crippen LogP contribution in [0.25, 0.3) is 22.3 Å². The van der Waals surface area contributed by atoms with Gasteiger partial charge in [-0.25, -0.2) is 0 Å². The van der Waals surface area contributed by atoms with E-state index in [4.69, 9.17) is 37.4 Å². The van der Waals surface area contributed by atoms with Crippen molar-refractivity contribution in [2.45, 2.75) is 64.6 Å². The summed E-state index contributed by atoms with van der Waals surface area (Å²) in [5, 5.41) is 10.9. The number of esters is 1. The second kappa shape index (κ2) is 20.7. The maximum atomic E-state index is 12.1. The summed E-state index contributed by atoms with van der Waals surface area (Å²) < 4.78 is 16.9. The van der Waals surface area contributed by atoms with Crippen LogP contribution >= 0.6 is 23.2 Å². The van der Waals surface area contributed by atoms with E-state index in [9.17, 15) is 14.7 Å². The molecule has 0 aromatic heterocycles. The van der Waals surface area contributed by atoms with Crippen LogP contribution in [-0.4, -0.2) is 78.7 Å². The number of halogens is 2. The molecule has 12 rings (SSSR count). The first-order valence-electron chi connectivity index (χ1n) is 24.3. The van der Waals surface area contributed by atoms with Crippen molar-refractivity contribution >= 4 is 35.1 Å². The van der Waals surface area contributed by atoms with Gasteiger partial charge < -0.3 is 34.6 Å². The number of methoxy groups -OCH3 is 1. The molecule has 71 heavy (non-hydrogen) atoms. The Balaban J connectivity index is 0.000000171. The zero-order valence-electron chi connectivity index (χ0n) is 40.6. The van der Waals surface area contributed by atoms with Gasteiger partial charge in [0, 0.05) is 60.1 Å². The summed E-state index contributed by atoms with van der Waals surface area (Å²) in [5.74, 6) is 1.07. The summed E-state index contributed by atoms with van der Waals surface area (Å²) in [4.78, 5) is 28.4. The average molecular weight is 1000 g/mol. The quantitative estimate of drug-likeness (QED) is 0.0846. The molecule has 4 aliphatic carbocycles. The molecule has 4 fully saturated rings. The first-order chi connectivity index (χ1) is 33.4. The number of carboxylic acid groups (broad SMARTS) is 1. The Hall–Kier alpha value is -4.68. The number of likely N-dealkylation sites (tertiary alicyclic amines) is 2. The Bertz CT molecular complexity index is 2870. The third-order valence-electron chi connectivity index (χ3n) is 15.8. The van der Waals surface area contributed by atoms with E-state index in [0.717, 1.165) is 123 Å². The third-order valence-corrected chi connectivity index (χ3v) is 16.3. The summed E-state index contributed by atoms with van der Waals surface area (Å²) >= 11 is 11.9. The van der Waals surface area contributed by atoms with Crippen LogP contribution < -0.4 is 39.0 Å². The van der Waals surface area contributed by atoms with E-state index in [1.54, 1.807) is 0 Å². The maximum Gasteiger partial charge on any atom is 1.00 e. The predicted octanol–water partition coefficient (Wildman–Crippen LogP) is 8.62. The normalized spacial score (nSPS) is 18.7. The van der Waals surface area contributed by atoms with E-state index < -0.39 is 11.4 Å². The van der Waals surface area contributed by atoms with Crippen molar-refractivity contribution in [1.29, 1.82) is 0 Å². The van der Waals surface area contributed by atoms with Gasteiger partial charge in [-0.2, -0.15) is 0 Å². The van der Waals surface area contributed by atoms with Gasteiger partial charge in [0.1, 0.15) is 24.7 Å². The molecule has 0 amide bonds. The fourth-order valence-corrected chi connectivity index (χ4v) is 12.0. The van der Waals surface area contributed by atoms with Gasteiger partial charge in [-0.05, 0) is 156 Å². The molecule has 9 nitrogen and oxygen atoms in total. The van der Waals surface area contributed by atoms with Crippen LogP contribution in [0.1, 0.15) is 59.1 Å². The number of benzene rings is 6. The van der Waals surface area contributed by atoms with Crippen LogP contribution in [0.2, 0.25) is 10.0 Å². The van der Waals surface area contributed by atoms with E-state index >= 15 is 0 Å². The largest absolute Gasteiger partial charge is 1.00 e. The van der Waals surface area contributed by atoms with E-state index in [1.165, 1.54) is 51.6 Å². The number of fused-ring (bicyclic) bond motifs is 2. The van der Waals surface area contributed by atoms with E-state index in [1.807, 2.05) is 72.8 Å². The summed E-state index contributed by atoms with van der Waals surface area (Å²) in [7, 11) is 1.51. The molecule has 0 bridgehead atoms. The minimum atomic E-state index is -0.616. The number of nitrogens with zero attached hydrogens (tertiary/aromatic N) is 2. The molecule has 0 atom stereocenters. The van der Waals surface area contributed by atoms with Gasteiger partial charge in [-0.3, -0.25) is 9.59 Å². The molecule has 2 spiro atoms. The van der Waals surface area contributed by atoms with Crippen LogP contribution in [-0.2, 0) is 53.2 Å². The van der Waals surface area contributed by atoms with Crippen molar-refractivity contribution < 1.29 is 63.9 Å². The Morgan fingerprint density at radius 3 is 1.25 bits per heavy atom. The number of carbonyl (C=O) groups is 2. The monoisotopic (exact) mass is 1000 g/mol. The second-order valence-electron chi connectivity index (χ2n) is 21.2. The fourth-order valence-electron chi connectivity index (χ4n) is 11.7. The molecule has 2 aliphatic heterocycles. The molecule has 0 unspecified atom stereocenters. The standard InChI is InChI=1S/C30H30ClNO3.C29H28ClNO3.Na.H2O/c1-34-28(33)30(12-13-30)20-32-18-29(19-32)15-24-5-4-23(14-25(24)16-29)22-6-10-27(11-7-22)35-17-21-2-8-26(31)9-3-21;30-25-7-1-20(2-8-25)16-34-26-9-5-21(6-10-26)22-3-4-23-14-28(15-24(23)13-22)17-31(18-28)19-29(11-12-29)27(32)33;;/h2-11,14H,12-13,15-20H2,1H3;1-10,13H,11-12,14-19H2,(H,32,33);;1H2/q;;+1;/p-1. The van der Waals surface area contributed by atoms with Gasteiger partial charge in [0.25, 0.3) is 0 Å². The molecular formula is C59H59Cl2N2NaO7. The number of hydrogen-bond acceptors (Lipinski definition) is 8. The van der Waals surface area contributed by atoms with Crippen LogP contribution in [0.5, 0.6) is 11.5 Å². The van der Waals surface area contributed by atoms with Crippen molar-refractivity contribution in [3.05, 3.63) is 177 Å². The smallest absolute Gasteiger partial charge is 0.870 e. The van der Waals surface area contributed by atoms with Gasteiger partial charge in [0.15, 0.2) is 0 Å². The fraction of sp³-hybridized carbons (Fsp3) is 0.356. The van der Waals surface area contributed by atoms with Gasteiger partial charge in [-0.1, -0.05) is 108 Å². The SMILES string of the molecule is COC(=O)C1(CN2CC3(Cc4ccc(-c5ccc(OCc6ccc(Cl)cc6)cc5)cc4C3)C2)CC1.O=C(O)C1(CN2CC3(Cc4ccc(-c5ccc(OCc6ccc(Cl)cc6)cc5)cc4C3)C2)CC1.[Na+].[OH-]. The third kappa shape index (κ3) is 11.1. The van der Waals surface area contributed by atoms with Crippen LogP contribution in [0.3, 0.4) is 0 Å². The minimum Gasteiger partial charge on any atom is -0.870 e. The first kappa shape index (κ1) is 51.2. The van der Waals surface area contributed by atoms with Crippen molar-refractivity contribution in [1.82, 2.24) is 9.80 Å². The maximum absolute atomic E-state index is 12.1. The van der Waals surface area contributed by atoms with Crippen LogP contribution in [0.4, 0.5) is 0 Å². The van der Waals surface area contributed by atoms with Crippen molar-refractivity contribution in [3.63, 3.8) is 0 Å². The topological polar surface area (TPSA) is 119 Å². The molecule has 2 saturated carbocycles. The van der Waals surface area contributed by atoms with E-state index in [-0.39, 0.29) is 46.4 Å². The number of aliphatic carboxylic acids is 1. The Morgan fingerprint density at radius 2 is 0.887 bits per heavy atom. The number of hydrogen-bond donors (Lipinski definition) is 1. The summed E-state index contributed by atoms with van der Waals surface area (Å²) in [5.41, 5.74) is 12.9. The molecule has 362 valence electrons. The van der Waals surface area contributed by atoms with Crippen LogP contribution in [0.15, 0.2) is 133 Å². The second-order valence-corrected chi connectivity index (χ2v) is 22.1. The van der Waals surface area contributed by atoms with Gasteiger partial charge >= 0.3 is 41.5 Å². The Labute approximate surface area is 449 Å². The zero-order chi connectivity index (χ0) is 47.4. The molecule has 12 heteroatoms. The number of carboxylic acids is 1. The predicted molar refractivity (Wildman–Crippen MR) is 273 cm³/mol. The molecule has 2 saturated heterocycles. The molecule has 0 radical (unpaired) electrons. The molecule has 2 N–H and O–H groups in total. The van der Waals surface area contributed by atoms with Crippen molar-refractivity contribution in [3.8, 4) is 33.8 Å². The van der Waals surface area contributed by atoms with Crippen LogP contribution in [0, 0.1) is 21.7 Å². The van der Waals surface area contributed by atoms with Crippen molar-refractivity contribution in [2.24, 2.45) is 21.7 Å². The van der Waals surface area contributed by atoms with Gasteiger partial charge in [0.2, 0.25) is 0 Å². The molecule has 2 heterocycles. The van der Waals surface area contributed by atoms with Gasteiger partial charge in [0.05, 0.1) is 17.9 Å².